The van der Waals surface area contributed by atoms with Gasteiger partial charge in [0.25, 0.3) is 0 Å². The molecule has 2 rings (SSSR count). The van der Waals surface area contributed by atoms with Crippen molar-refractivity contribution in [2.45, 2.75) is 19.3 Å². The minimum absolute atomic E-state index is 0.161. The summed E-state index contributed by atoms with van der Waals surface area (Å²) in [6.45, 7) is 9.29. The number of amides is 1. The molecular weight excluding hydrogens is 242 g/mol. The topological polar surface area (TPSA) is 47.6 Å². The lowest BCUT2D eigenvalue weighted by Gasteiger charge is -2.27. The highest BCUT2D eigenvalue weighted by Gasteiger charge is 2.23. The number of carbonyl (C=O) groups excluding carboxylic acids is 1. The summed E-state index contributed by atoms with van der Waals surface area (Å²) in [4.78, 5) is 11.2. The summed E-state index contributed by atoms with van der Waals surface area (Å²) in [6.07, 6.45) is 1.28. The Kier molecular flexibility index (Phi) is 3.79. The first kappa shape index (κ1) is 13.5. The van der Waals surface area contributed by atoms with Crippen molar-refractivity contribution in [3.05, 3.63) is 36.4 Å². The Morgan fingerprint density at radius 3 is 2.74 bits per heavy atom. The van der Waals surface area contributed by atoms with E-state index in [1.54, 1.807) is 0 Å². The number of nitrogens with one attached hydrogen (secondary N) is 1. The Morgan fingerprint density at radius 2 is 2.05 bits per heavy atom. The fourth-order valence-corrected chi connectivity index (χ4v) is 1.95. The first-order valence-electron chi connectivity index (χ1n) is 6.33. The molecule has 0 spiro atoms. The van der Waals surface area contributed by atoms with Crippen LogP contribution < -0.4 is 14.8 Å². The fraction of sp³-hybridized carbons (Fsp3) is 0.400. The first-order chi connectivity index (χ1) is 9.03. The normalized spacial score (nSPS) is 13.8. The standard InChI is InChI=1S/C15H19NO3/c1-4-14(17)16-10-15(2,3)11-5-6-12-13(9-11)19-8-7-18-12/h4-6,9H,1,7-8,10H2,2-3H3,(H,16,17). The summed E-state index contributed by atoms with van der Waals surface area (Å²) < 4.78 is 11.1. The number of benzene rings is 1. The molecule has 0 fully saturated rings. The quantitative estimate of drug-likeness (QED) is 0.844. The second-order valence-electron chi connectivity index (χ2n) is 5.16. The number of rotatable bonds is 4. The van der Waals surface area contributed by atoms with Crippen molar-refractivity contribution in [2.24, 2.45) is 0 Å². The van der Waals surface area contributed by atoms with Gasteiger partial charge in [-0.25, -0.2) is 0 Å². The van der Waals surface area contributed by atoms with E-state index in [4.69, 9.17) is 9.47 Å². The Morgan fingerprint density at radius 1 is 1.37 bits per heavy atom. The summed E-state index contributed by atoms with van der Waals surface area (Å²) in [5, 5.41) is 2.82. The molecule has 0 aromatic heterocycles. The summed E-state index contributed by atoms with van der Waals surface area (Å²) >= 11 is 0. The lowest BCUT2D eigenvalue weighted by molar-refractivity contribution is -0.116. The maximum Gasteiger partial charge on any atom is 0.243 e. The van der Waals surface area contributed by atoms with Crippen molar-refractivity contribution in [3.8, 4) is 11.5 Å². The molecular formula is C15H19NO3. The molecule has 19 heavy (non-hydrogen) atoms. The third-order valence-electron chi connectivity index (χ3n) is 3.21. The highest BCUT2D eigenvalue weighted by molar-refractivity contribution is 5.86. The first-order valence-corrected chi connectivity index (χ1v) is 6.33. The predicted molar refractivity (Wildman–Crippen MR) is 73.7 cm³/mol. The van der Waals surface area contributed by atoms with E-state index >= 15 is 0 Å². The van der Waals surface area contributed by atoms with Gasteiger partial charge in [0, 0.05) is 12.0 Å². The van der Waals surface area contributed by atoms with E-state index in [-0.39, 0.29) is 11.3 Å². The van der Waals surface area contributed by atoms with Crippen molar-refractivity contribution in [2.75, 3.05) is 19.8 Å². The number of ether oxygens (including phenoxy) is 2. The molecule has 0 unspecified atom stereocenters. The summed E-state index contributed by atoms with van der Waals surface area (Å²) in [6, 6.07) is 5.91. The average molecular weight is 261 g/mol. The third kappa shape index (κ3) is 3.08. The number of hydrogen-bond acceptors (Lipinski definition) is 3. The van der Waals surface area contributed by atoms with Crippen LogP contribution in [-0.4, -0.2) is 25.7 Å². The van der Waals surface area contributed by atoms with Crippen molar-refractivity contribution in [3.63, 3.8) is 0 Å². The molecule has 1 amide bonds. The van der Waals surface area contributed by atoms with Gasteiger partial charge in [-0.1, -0.05) is 26.5 Å². The van der Waals surface area contributed by atoms with Gasteiger partial charge in [0.05, 0.1) is 0 Å². The Hall–Kier alpha value is -1.97. The van der Waals surface area contributed by atoms with E-state index in [0.29, 0.717) is 19.8 Å². The minimum atomic E-state index is -0.186. The van der Waals surface area contributed by atoms with Crippen molar-refractivity contribution >= 4 is 5.91 Å². The molecule has 1 N–H and O–H groups in total. The molecule has 102 valence electrons. The summed E-state index contributed by atoms with van der Waals surface area (Å²) in [5.74, 6) is 1.39. The molecule has 1 aliphatic heterocycles. The van der Waals surface area contributed by atoms with Crippen molar-refractivity contribution < 1.29 is 14.3 Å². The van der Waals surface area contributed by atoms with Crippen LogP contribution in [0.2, 0.25) is 0 Å². The van der Waals surface area contributed by atoms with E-state index in [1.807, 2.05) is 18.2 Å². The maximum atomic E-state index is 11.2. The number of carbonyl (C=O) groups is 1. The van der Waals surface area contributed by atoms with Gasteiger partial charge in [-0.3, -0.25) is 4.79 Å². The van der Waals surface area contributed by atoms with Gasteiger partial charge in [0.15, 0.2) is 11.5 Å². The highest BCUT2D eigenvalue weighted by Crippen LogP contribution is 2.34. The third-order valence-corrected chi connectivity index (χ3v) is 3.21. The van der Waals surface area contributed by atoms with Crippen LogP contribution in [0.3, 0.4) is 0 Å². The Labute approximate surface area is 113 Å². The van der Waals surface area contributed by atoms with E-state index in [2.05, 4.69) is 25.7 Å². The molecule has 0 saturated heterocycles. The van der Waals surface area contributed by atoms with Gasteiger partial charge in [-0.15, -0.1) is 0 Å². The van der Waals surface area contributed by atoms with Crippen LogP contribution in [0.25, 0.3) is 0 Å². The molecule has 0 saturated carbocycles. The number of hydrogen-bond donors (Lipinski definition) is 1. The molecule has 1 heterocycles. The average Bonchev–Trinajstić information content (AvgIpc) is 2.44. The Balaban J connectivity index is 2.15. The maximum absolute atomic E-state index is 11.2. The zero-order chi connectivity index (χ0) is 13.9. The van der Waals surface area contributed by atoms with Crippen LogP contribution in [0.1, 0.15) is 19.4 Å². The van der Waals surface area contributed by atoms with Gasteiger partial charge in [-0.2, -0.15) is 0 Å². The summed E-state index contributed by atoms with van der Waals surface area (Å²) in [7, 11) is 0. The zero-order valence-corrected chi connectivity index (χ0v) is 11.4. The van der Waals surface area contributed by atoms with Gasteiger partial charge in [0.2, 0.25) is 5.91 Å². The van der Waals surface area contributed by atoms with Gasteiger partial charge in [0.1, 0.15) is 13.2 Å². The van der Waals surface area contributed by atoms with E-state index < -0.39 is 0 Å². The smallest absolute Gasteiger partial charge is 0.243 e. The molecule has 0 radical (unpaired) electrons. The molecule has 0 bridgehead atoms. The van der Waals surface area contributed by atoms with Crippen LogP contribution in [0.4, 0.5) is 0 Å². The Bertz CT molecular complexity index is 494. The van der Waals surface area contributed by atoms with Gasteiger partial charge < -0.3 is 14.8 Å². The molecule has 1 aliphatic rings. The second-order valence-corrected chi connectivity index (χ2v) is 5.16. The molecule has 1 aromatic rings. The SMILES string of the molecule is C=CC(=O)NCC(C)(C)c1ccc2c(c1)OCCO2. The second kappa shape index (κ2) is 5.34. The molecule has 0 atom stereocenters. The molecule has 1 aromatic carbocycles. The van der Waals surface area contributed by atoms with Crippen LogP contribution in [0, 0.1) is 0 Å². The molecule has 0 aliphatic carbocycles. The largest absolute Gasteiger partial charge is 0.486 e. The van der Waals surface area contributed by atoms with Crippen molar-refractivity contribution in [1.82, 2.24) is 5.32 Å². The van der Waals surface area contributed by atoms with Crippen LogP contribution in [-0.2, 0) is 10.2 Å². The minimum Gasteiger partial charge on any atom is -0.486 e. The summed E-state index contributed by atoms with van der Waals surface area (Å²) in [5.41, 5.74) is 0.912. The van der Waals surface area contributed by atoms with Crippen LogP contribution >= 0.6 is 0 Å². The van der Waals surface area contributed by atoms with Crippen LogP contribution in [0.15, 0.2) is 30.9 Å². The van der Waals surface area contributed by atoms with E-state index in [9.17, 15) is 4.79 Å². The van der Waals surface area contributed by atoms with Gasteiger partial charge >= 0.3 is 0 Å². The predicted octanol–water partition coefficient (Wildman–Crippen LogP) is 2.04. The van der Waals surface area contributed by atoms with Gasteiger partial charge in [-0.05, 0) is 23.8 Å². The monoisotopic (exact) mass is 261 g/mol. The zero-order valence-electron chi connectivity index (χ0n) is 11.4. The number of fused-ring (bicyclic) bond motifs is 1. The lowest BCUT2D eigenvalue weighted by Crippen LogP contribution is -2.35. The fourth-order valence-electron chi connectivity index (χ4n) is 1.95. The highest BCUT2D eigenvalue weighted by atomic mass is 16.6. The van der Waals surface area contributed by atoms with Crippen molar-refractivity contribution in [1.29, 1.82) is 0 Å². The van der Waals surface area contributed by atoms with E-state index in [0.717, 1.165) is 17.1 Å². The van der Waals surface area contributed by atoms with Crippen LogP contribution in [0.5, 0.6) is 11.5 Å². The molecule has 4 nitrogen and oxygen atoms in total. The van der Waals surface area contributed by atoms with E-state index in [1.165, 1.54) is 6.08 Å². The lowest BCUT2D eigenvalue weighted by atomic mass is 9.84. The molecule has 4 heteroatoms.